The van der Waals surface area contributed by atoms with Crippen LogP contribution in [0.15, 0.2) is 128 Å². The molecule has 0 spiro atoms. The minimum Gasteiger partial charge on any atom is -0.392 e. The van der Waals surface area contributed by atoms with Gasteiger partial charge in [-0.15, -0.1) is 0 Å². The van der Waals surface area contributed by atoms with Gasteiger partial charge >= 0.3 is 0 Å². The number of nitrogens with zero attached hydrogens (tertiary/aromatic N) is 2. The van der Waals surface area contributed by atoms with E-state index in [-0.39, 0.29) is 30.8 Å². The summed E-state index contributed by atoms with van der Waals surface area (Å²) in [5.74, 6) is -0.151. The lowest BCUT2D eigenvalue weighted by atomic mass is 9.98. The van der Waals surface area contributed by atoms with Gasteiger partial charge in [-0.3, -0.25) is 14.7 Å². The smallest absolute Gasteiger partial charge is 0.253 e. The van der Waals surface area contributed by atoms with E-state index in [0.717, 1.165) is 46.3 Å². The van der Waals surface area contributed by atoms with Crippen molar-refractivity contribution in [3.05, 3.63) is 161 Å². The lowest BCUT2D eigenvalue weighted by Crippen LogP contribution is -2.38. The molecule has 2 N–H and O–H groups in total. The lowest BCUT2D eigenvalue weighted by molar-refractivity contribution is -0.253. The second-order valence-electron chi connectivity index (χ2n) is 12.1. The van der Waals surface area contributed by atoms with E-state index in [9.17, 15) is 9.90 Å². The molecule has 0 unspecified atom stereocenters. The molecule has 2 heterocycles. The first-order valence-electron chi connectivity index (χ1n) is 16.1. The number of nitrogens with one attached hydrogen (secondary N) is 1. The van der Waals surface area contributed by atoms with Crippen LogP contribution in [0.25, 0.3) is 11.1 Å². The van der Waals surface area contributed by atoms with Crippen molar-refractivity contribution in [2.75, 3.05) is 13.6 Å². The second kappa shape index (κ2) is 15.3. The fraction of sp³-hybridized carbons (Fsp3) is 0.250. The first-order chi connectivity index (χ1) is 23.0. The summed E-state index contributed by atoms with van der Waals surface area (Å²) in [5.41, 5.74) is 7.84. The summed E-state index contributed by atoms with van der Waals surface area (Å²) in [7, 11) is 2.14. The molecule has 6 rings (SSSR count). The van der Waals surface area contributed by atoms with E-state index in [0.29, 0.717) is 12.1 Å². The maximum atomic E-state index is 12.5. The molecule has 0 bridgehead atoms. The number of benzene rings is 4. The molecule has 1 aliphatic heterocycles. The van der Waals surface area contributed by atoms with Crippen LogP contribution < -0.4 is 5.32 Å². The number of pyridine rings is 1. The van der Waals surface area contributed by atoms with Crippen molar-refractivity contribution in [1.29, 1.82) is 0 Å². The summed E-state index contributed by atoms with van der Waals surface area (Å²) in [5, 5.41) is 12.5. The normalized spacial score (nSPS) is 18.5. The summed E-state index contributed by atoms with van der Waals surface area (Å²) in [4.78, 5) is 18.9. The molecule has 1 aromatic heterocycles. The fourth-order valence-electron chi connectivity index (χ4n) is 5.97. The summed E-state index contributed by atoms with van der Waals surface area (Å²) in [6.45, 7) is 3.41. The van der Waals surface area contributed by atoms with E-state index in [1.165, 1.54) is 5.56 Å². The minimum absolute atomic E-state index is 0.0115. The Kier molecular flexibility index (Phi) is 10.5. The number of hydrogen-bond donors (Lipinski definition) is 2. The topological polar surface area (TPSA) is 83.9 Å². The Morgan fingerprint density at radius 3 is 2.36 bits per heavy atom. The van der Waals surface area contributed by atoms with Crippen LogP contribution in [-0.2, 0) is 22.6 Å². The van der Waals surface area contributed by atoms with E-state index in [1.54, 1.807) is 24.5 Å². The zero-order valence-electron chi connectivity index (χ0n) is 26.8. The third-order valence-corrected chi connectivity index (χ3v) is 8.87. The molecule has 1 aliphatic rings. The third-order valence-electron chi connectivity index (χ3n) is 8.87. The number of aliphatic hydroxyl groups excluding tert-OH is 1. The average molecular weight is 628 g/mol. The van der Waals surface area contributed by atoms with Crippen LogP contribution in [0, 0.1) is 0 Å². The molecule has 0 aliphatic carbocycles. The van der Waals surface area contributed by atoms with Crippen molar-refractivity contribution < 1.29 is 19.4 Å². The Bertz CT molecular complexity index is 1730. The number of carbonyl (C=O) groups excluding carboxylic acids is 1. The van der Waals surface area contributed by atoms with Gasteiger partial charge in [-0.1, -0.05) is 97.1 Å². The summed E-state index contributed by atoms with van der Waals surface area (Å²) >= 11 is 0. The predicted octanol–water partition coefficient (Wildman–Crippen LogP) is 7.41. The number of aliphatic hydroxyl groups is 1. The number of amides is 1. The predicted molar refractivity (Wildman–Crippen MR) is 183 cm³/mol. The zero-order valence-corrected chi connectivity index (χ0v) is 26.8. The van der Waals surface area contributed by atoms with Gasteiger partial charge in [0.2, 0.25) is 0 Å². The standard InChI is InChI=1S/C40H41N3O4/c1-28(31-9-4-3-5-10-31)43(2)26-37-23-38(33-15-13-29(27-44)14-16-33)47-40(46-37)34-19-17-32(18-20-34)35-11-6-8-30(22-35)24-42-39(45)36-12-7-21-41-25-36/h3-22,25,28,37-38,40,44H,23-24,26-27H2,1-2H3,(H,42,45)/t28-,37-,38+,40+/m0/s1. The molecule has 7 nitrogen and oxygen atoms in total. The number of carbonyl (C=O) groups is 1. The van der Waals surface area contributed by atoms with Crippen LogP contribution in [0.4, 0.5) is 0 Å². The summed E-state index contributed by atoms with van der Waals surface area (Å²) in [6, 6.07) is 38.8. The third kappa shape index (κ3) is 8.20. The van der Waals surface area contributed by atoms with Gasteiger partial charge in [0.1, 0.15) is 0 Å². The van der Waals surface area contributed by atoms with Crippen molar-refractivity contribution in [1.82, 2.24) is 15.2 Å². The second-order valence-corrected chi connectivity index (χ2v) is 12.1. The highest BCUT2D eigenvalue weighted by Gasteiger charge is 2.33. The first kappa shape index (κ1) is 32.3. The molecular formula is C40H41N3O4. The van der Waals surface area contributed by atoms with Crippen molar-refractivity contribution in [2.45, 2.75) is 51.0 Å². The molecule has 5 aromatic rings. The van der Waals surface area contributed by atoms with Crippen LogP contribution in [0.1, 0.15) is 70.0 Å². The fourth-order valence-corrected chi connectivity index (χ4v) is 5.97. The molecular weight excluding hydrogens is 586 g/mol. The van der Waals surface area contributed by atoms with Crippen LogP contribution in [0.3, 0.4) is 0 Å². The van der Waals surface area contributed by atoms with E-state index < -0.39 is 6.29 Å². The van der Waals surface area contributed by atoms with Crippen molar-refractivity contribution in [2.24, 2.45) is 0 Å². The highest BCUT2D eigenvalue weighted by molar-refractivity contribution is 5.93. The zero-order chi connectivity index (χ0) is 32.6. The Labute approximate surface area is 276 Å². The maximum absolute atomic E-state index is 12.5. The minimum atomic E-state index is -0.528. The van der Waals surface area contributed by atoms with Crippen molar-refractivity contribution in [3.8, 4) is 11.1 Å². The van der Waals surface area contributed by atoms with Gasteiger partial charge in [-0.05, 0) is 65.6 Å². The maximum Gasteiger partial charge on any atom is 0.253 e. The van der Waals surface area contributed by atoms with Crippen molar-refractivity contribution in [3.63, 3.8) is 0 Å². The van der Waals surface area contributed by atoms with E-state index in [4.69, 9.17) is 9.47 Å². The summed E-state index contributed by atoms with van der Waals surface area (Å²) in [6.07, 6.45) is 3.21. The van der Waals surface area contributed by atoms with Gasteiger partial charge in [0.15, 0.2) is 6.29 Å². The summed E-state index contributed by atoms with van der Waals surface area (Å²) < 4.78 is 13.2. The number of hydrogen-bond acceptors (Lipinski definition) is 6. The highest BCUT2D eigenvalue weighted by Crippen LogP contribution is 2.39. The van der Waals surface area contributed by atoms with Gasteiger partial charge < -0.3 is 19.9 Å². The SMILES string of the molecule is C[C@@H](c1ccccc1)N(C)C[C@@H]1C[C@H](c2ccc(CO)cc2)O[C@H](c2ccc(-c3cccc(CNC(=O)c4cccnc4)c3)cc2)O1. The molecule has 4 atom stereocenters. The molecule has 240 valence electrons. The van der Waals surface area contributed by atoms with Gasteiger partial charge in [0.05, 0.1) is 24.4 Å². The van der Waals surface area contributed by atoms with Gasteiger partial charge in [-0.25, -0.2) is 0 Å². The Morgan fingerprint density at radius 2 is 1.64 bits per heavy atom. The van der Waals surface area contributed by atoms with Gasteiger partial charge in [0.25, 0.3) is 5.91 Å². The van der Waals surface area contributed by atoms with Gasteiger partial charge in [-0.2, -0.15) is 0 Å². The van der Waals surface area contributed by atoms with Crippen LogP contribution >= 0.6 is 0 Å². The van der Waals surface area contributed by atoms with Crippen LogP contribution in [-0.4, -0.2) is 40.6 Å². The van der Waals surface area contributed by atoms with E-state index in [1.807, 2.05) is 42.5 Å². The molecule has 1 fully saturated rings. The van der Waals surface area contributed by atoms with E-state index in [2.05, 4.69) is 89.8 Å². The Hall–Kier alpha value is -4.66. The molecule has 0 saturated carbocycles. The highest BCUT2D eigenvalue weighted by atomic mass is 16.7. The molecule has 1 saturated heterocycles. The van der Waals surface area contributed by atoms with Crippen LogP contribution in [0.5, 0.6) is 0 Å². The lowest BCUT2D eigenvalue weighted by Gasteiger charge is -2.39. The monoisotopic (exact) mass is 627 g/mol. The van der Waals surface area contributed by atoms with Gasteiger partial charge in [0, 0.05) is 43.5 Å². The Balaban J connectivity index is 1.17. The van der Waals surface area contributed by atoms with E-state index >= 15 is 0 Å². The average Bonchev–Trinajstić information content (AvgIpc) is 3.14. The molecule has 0 radical (unpaired) electrons. The van der Waals surface area contributed by atoms with Crippen molar-refractivity contribution >= 4 is 5.91 Å². The molecule has 47 heavy (non-hydrogen) atoms. The van der Waals surface area contributed by atoms with Crippen LogP contribution in [0.2, 0.25) is 0 Å². The largest absolute Gasteiger partial charge is 0.392 e. The number of aromatic nitrogens is 1. The molecule has 7 heteroatoms. The quantitative estimate of drug-likeness (QED) is 0.159. The Morgan fingerprint density at radius 1 is 0.872 bits per heavy atom. The number of ether oxygens (including phenoxy) is 2. The molecule has 4 aromatic carbocycles. The molecule has 1 amide bonds. The first-order valence-corrected chi connectivity index (χ1v) is 16.1. The number of likely N-dealkylation sites (N-methyl/N-ethyl adjacent to an activating group) is 1. The number of rotatable bonds is 11.